The van der Waals surface area contributed by atoms with Crippen LogP contribution in [-0.4, -0.2) is 11.0 Å². The van der Waals surface area contributed by atoms with Crippen molar-refractivity contribution in [3.8, 4) is 11.3 Å². The number of halogens is 4. The van der Waals surface area contributed by atoms with E-state index in [0.717, 1.165) is 4.57 Å². The maximum absolute atomic E-state index is 12.6. The summed E-state index contributed by atoms with van der Waals surface area (Å²) in [7, 11) is 0. The fraction of sp³-hybridized carbons (Fsp3) is 0.154. The van der Waals surface area contributed by atoms with Crippen molar-refractivity contribution in [1.82, 2.24) is 4.57 Å². The van der Waals surface area contributed by atoms with Gasteiger partial charge < -0.3 is 4.57 Å². The van der Waals surface area contributed by atoms with Gasteiger partial charge in [-0.15, -0.1) is 28.7 Å². The first-order chi connectivity index (χ1) is 9.00. The van der Waals surface area contributed by atoms with Crippen molar-refractivity contribution < 1.29 is 41.5 Å². The molecule has 0 N–H and O–H groups in total. The molecule has 0 aliphatic carbocycles. The topological polar surface area (TPSA) is 22.0 Å². The summed E-state index contributed by atoms with van der Waals surface area (Å²) in [6.45, 7) is -0.674. The van der Waals surface area contributed by atoms with Gasteiger partial charge in [-0.2, -0.15) is 12.1 Å². The van der Waals surface area contributed by atoms with Crippen LogP contribution >= 0.6 is 34.2 Å². The third-order valence-electron chi connectivity index (χ3n) is 2.50. The molecule has 0 unspecified atom stereocenters. The molecular weight excluding hydrogens is 475 g/mol. The number of rotatable bonds is 3. The smallest absolute Gasteiger partial charge is 0.256 e. The molecule has 0 aliphatic heterocycles. The Hall–Kier alpha value is 0.154. The molecule has 20 heavy (non-hydrogen) atoms. The zero-order chi connectivity index (χ0) is 14.0. The Bertz CT molecular complexity index is 663. The normalized spacial score (nSPS) is 10.4. The third kappa shape index (κ3) is 4.09. The van der Waals surface area contributed by atoms with Crippen molar-refractivity contribution in [3.63, 3.8) is 0 Å². The average molecular weight is 483 g/mol. The van der Waals surface area contributed by atoms with Gasteiger partial charge in [-0.3, -0.25) is 4.79 Å². The SMILES string of the molecule is O=c1c(I)c[c-]c(-c2ccccc2Cl)n1CC(F)F.[Y]. The Labute approximate surface area is 158 Å². The van der Waals surface area contributed by atoms with Gasteiger partial charge in [-0.25, -0.2) is 8.78 Å². The molecule has 7 heteroatoms. The van der Waals surface area contributed by atoms with Crippen molar-refractivity contribution in [2.75, 3.05) is 0 Å². The first-order valence-corrected chi connectivity index (χ1v) is 6.80. The van der Waals surface area contributed by atoms with Gasteiger partial charge in [0, 0.05) is 32.7 Å². The minimum absolute atomic E-state index is 0. The average Bonchev–Trinajstić information content (AvgIpc) is 2.36. The van der Waals surface area contributed by atoms with Crippen molar-refractivity contribution in [3.05, 3.63) is 55.3 Å². The zero-order valence-electron chi connectivity index (χ0n) is 10.1. The number of nitrogens with zero attached hydrogens (tertiary/aromatic N) is 1. The molecule has 1 aromatic heterocycles. The van der Waals surface area contributed by atoms with E-state index >= 15 is 0 Å². The number of aromatic nitrogens is 1. The van der Waals surface area contributed by atoms with E-state index in [9.17, 15) is 13.6 Å². The Morgan fingerprint density at radius 1 is 1.35 bits per heavy atom. The molecule has 2 nitrogen and oxygen atoms in total. The molecule has 0 bridgehead atoms. The summed E-state index contributed by atoms with van der Waals surface area (Å²) in [5.74, 6) is 0. The van der Waals surface area contributed by atoms with Gasteiger partial charge in [0.2, 0.25) is 5.56 Å². The Balaban J connectivity index is 0.00000200. The maximum Gasteiger partial charge on any atom is 0.256 e. The second-order valence-electron chi connectivity index (χ2n) is 3.77. The predicted molar refractivity (Wildman–Crippen MR) is 78.7 cm³/mol. The van der Waals surface area contributed by atoms with E-state index in [-0.39, 0.29) is 38.4 Å². The molecule has 0 atom stereocenters. The quantitative estimate of drug-likeness (QED) is 0.481. The fourth-order valence-corrected chi connectivity index (χ4v) is 2.36. The summed E-state index contributed by atoms with van der Waals surface area (Å²) in [5, 5.41) is 0.391. The molecule has 0 saturated carbocycles. The first-order valence-electron chi connectivity index (χ1n) is 5.34. The second kappa shape index (κ2) is 7.96. The van der Waals surface area contributed by atoms with Crippen LogP contribution in [0, 0.1) is 9.64 Å². The van der Waals surface area contributed by atoms with Crippen LogP contribution in [0.2, 0.25) is 5.02 Å². The summed E-state index contributed by atoms with van der Waals surface area (Å²) >= 11 is 7.83. The summed E-state index contributed by atoms with van der Waals surface area (Å²) in [5.41, 5.74) is 0.323. The van der Waals surface area contributed by atoms with E-state index in [4.69, 9.17) is 11.6 Å². The zero-order valence-corrected chi connectivity index (χ0v) is 15.9. The Morgan fingerprint density at radius 3 is 2.60 bits per heavy atom. The number of hydrogen-bond donors (Lipinski definition) is 0. The van der Waals surface area contributed by atoms with E-state index in [1.54, 1.807) is 46.9 Å². The van der Waals surface area contributed by atoms with Gasteiger partial charge in [0.05, 0.1) is 6.54 Å². The van der Waals surface area contributed by atoms with Crippen LogP contribution in [0.1, 0.15) is 0 Å². The molecule has 2 rings (SSSR count). The van der Waals surface area contributed by atoms with E-state index in [2.05, 4.69) is 6.07 Å². The molecule has 0 spiro atoms. The van der Waals surface area contributed by atoms with Crippen LogP contribution in [0.25, 0.3) is 11.3 Å². The molecule has 0 saturated heterocycles. The van der Waals surface area contributed by atoms with Crippen molar-refractivity contribution in [2.24, 2.45) is 0 Å². The van der Waals surface area contributed by atoms with Crippen LogP contribution in [0.4, 0.5) is 8.78 Å². The maximum atomic E-state index is 12.6. The molecule has 0 amide bonds. The second-order valence-corrected chi connectivity index (χ2v) is 5.34. The molecule has 103 valence electrons. The van der Waals surface area contributed by atoms with Crippen LogP contribution < -0.4 is 5.56 Å². The van der Waals surface area contributed by atoms with Gasteiger partial charge in [0.25, 0.3) is 6.43 Å². The Morgan fingerprint density at radius 2 is 2.00 bits per heavy atom. The summed E-state index contributed by atoms with van der Waals surface area (Å²) in [4.78, 5) is 12.0. The van der Waals surface area contributed by atoms with Gasteiger partial charge >= 0.3 is 0 Å². The monoisotopic (exact) mass is 483 g/mol. The summed E-state index contributed by atoms with van der Waals surface area (Å²) < 4.78 is 26.6. The van der Waals surface area contributed by atoms with Crippen LogP contribution in [0.15, 0.2) is 35.1 Å². The van der Waals surface area contributed by atoms with E-state index < -0.39 is 18.5 Å². The standard InChI is InChI=1S/C13H8ClF2INO.Y/c14-9-4-2-1-3-8(9)11-6-5-10(17)13(19)18(11)7-12(15)16;/h1-5,12H,7H2;/q-1;. The van der Waals surface area contributed by atoms with E-state index in [0.29, 0.717) is 14.2 Å². The van der Waals surface area contributed by atoms with Gasteiger partial charge in [0.15, 0.2) is 0 Å². The fourth-order valence-electron chi connectivity index (χ4n) is 1.69. The van der Waals surface area contributed by atoms with Crippen molar-refractivity contribution >= 4 is 34.2 Å². The predicted octanol–water partition coefficient (Wildman–Crippen LogP) is 3.84. The largest absolute Gasteiger partial charge is 0.336 e. The van der Waals surface area contributed by atoms with E-state index in [1.165, 1.54) is 6.07 Å². The van der Waals surface area contributed by atoms with Crippen LogP contribution in [0.3, 0.4) is 0 Å². The van der Waals surface area contributed by atoms with Gasteiger partial charge in [-0.1, -0.05) is 41.1 Å². The van der Waals surface area contributed by atoms with Crippen LogP contribution in [0.5, 0.6) is 0 Å². The third-order valence-corrected chi connectivity index (χ3v) is 3.61. The number of benzene rings is 1. The molecule has 1 aromatic carbocycles. The first kappa shape index (κ1) is 18.2. The van der Waals surface area contributed by atoms with Crippen LogP contribution in [-0.2, 0) is 39.3 Å². The summed E-state index contributed by atoms with van der Waals surface area (Å²) in [6.07, 6.45) is -2.62. The van der Waals surface area contributed by atoms with Crippen molar-refractivity contribution in [1.29, 1.82) is 0 Å². The van der Waals surface area contributed by atoms with Gasteiger partial charge in [-0.05, 0) is 8.59 Å². The number of alkyl halides is 2. The van der Waals surface area contributed by atoms with Gasteiger partial charge in [0.1, 0.15) is 0 Å². The van der Waals surface area contributed by atoms with Crippen molar-refractivity contribution in [2.45, 2.75) is 13.0 Å². The molecule has 0 fully saturated rings. The molecular formula is C13H8ClF2INOY-. The molecule has 1 radical (unpaired) electrons. The number of pyridine rings is 1. The molecule has 0 aliphatic rings. The molecule has 2 aromatic rings. The summed E-state index contributed by atoms with van der Waals surface area (Å²) in [6, 6.07) is 11.1. The molecule has 1 heterocycles. The Kier molecular flexibility index (Phi) is 7.25. The minimum Gasteiger partial charge on any atom is -0.336 e. The minimum atomic E-state index is -2.62. The number of hydrogen-bond acceptors (Lipinski definition) is 1. The van der Waals surface area contributed by atoms with E-state index in [1.807, 2.05) is 0 Å².